The maximum atomic E-state index is 12.0. The van der Waals surface area contributed by atoms with Crippen LogP contribution in [0.5, 0.6) is 0 Å². The average Bonchev–Trinajstić information content (AvgIpc) is 2.48. The van der Waals surface area contributed by atoms with E-state index in [1.807, 2.05) is 0 Å². The molecule has 0 aromatic heterocycles. The fourth-order valence-electron chi connectivity index (χ4n) is 3.01. The van der Waals surface area contributed by atoms with E-state index >= 15 is 0 Å². The van der Waals surface area contributed by atoms with Crippen LogP contribution in [-0.4, -0.2) is 41.1 Å². The molecule has 1 saturated carbocycles. The summed E-state index contributed by atoms with van der Waals surface area (Å²) in [5.41, 5.74) is 0. The minimum Gasteiger partial charge on any atom is -0.481 e. The van der Waals surface area contributed by atoms with Crippen LogP contribution < -0.4 is 5.32 Å². The van der Waals surface area contributed by atoms with E-state index in [4.69, 9.17) is 5.11 Å². The fraction of sp³-hybridized carbons (Fsp3) is 0.857. The molecule has 2 aliphatic rings. The molecule has 5 heteroatoms. The third kappa shape index (κ3) is 4.11. The van der Waals surface area contributed by atoms with Crippen molar-refractivity contribution < 1.29 is 14.7 Å². The predicted molar refractivity (Wildman–Crippen MR) is 71.9 cm³/mol. The number of carboxylic acid groups (broad SMARTS) is 1. The van der Waals surface area contributed by atoms with Crippen LogP contribution in [0.1, 0.15) is 45.4 Å². The lowest BCUT2D eigenvalue weighted by molar-refractivity contribution is -0.139. The monoisotopic (exact) mass is 268 g/mol. The number of nitrogens with one attached hydrogen (secondary N) is 1. The van der Waals surface area contributed by atoms with Gasteiger partial charge in [0.25, 0.3) is 0 Å². The van der Waals surface area contributed by atoms with E-state index in [9.17, 15) is 9.59 Å². The summed E-state index contributed by atoms with van der Waals surface area (Å²) in [6.45, 7) is 3.44. The van der Waals surface area contributed by atoms with Crippen molar-refractivity contribution in [3.8, 4) is 0 Å². The first-order valence-electron chi connectivity index (χ1n) is 7.32. The van der Waals surface area contributed by atoms with E-state index in [1.54, 1.807) is 4.90 Å². The molecular formula is C14H24N2O3. The van der Waals surface area contributed by atoms with Gasteiger partial charge in [-0.15, -0.1) is 0 Å². The summed E-state index contributed by atoms with van der Waals surface area (Å²) in [5.74, 6) is 0.131. The first-order chi connectivity index (χ1) is 9.04. The zero-order valence-corrected chi connectivity index (χ0v) is 11.6. The molecule has 1 aliphatic carbocycles. The summed E-state index contributed by atoms with van der Waals surface area (Å²) in [4.78, 5) is 24.3. The van der Waals surface area contributed by atoms with E-state index in [-0.39, 0.29) is 18.4 Å². The van der Waals surface area contributed by atoms with Gasteiger partial charge in [-0.3, -0.25) is 4.79 Å². The van der Waals surface area contributed by atoms with Crippen molar-refractivity contribution in [3.63, 3.8) is 0 Å². The highest BCUT2D eigenvalue weighted by atomic mass is 16.4. The quantitative estimate of drug-likeness (QED) is 0.770. The number of nitrogens with zero attached hydrogens (tertiary/aromatic N) is 1. The third-order valence-electron chi connectivity index (χ3n) is 4.29. The maximum Gasteiger partial charge on any atom is 0.317 e. The van der Waals surface area contributed by atoms with Crippen LogP contribution in [0.4, 0.5) is 4.79 Å². The van der Waals surface area contributed by atoms with Crippen molar-refractivity contribution in [2.24, 2.45) is 11.8 Å². The molecule has 1 saturated heterocycles. The molecule has 2 rings (SSSR count). The summed E-state index contributed by atoms with van der Waals surface area (Å²) in [5, 5.41) is 11.8. The molecule has 2 unspecified atom stereocenters. The number of likely N-dealkylation sites (tertiary alicyclic amines) is 1. The van der Waals surface area contributed by atoms with Gasteiger partial charge in [0.05, 0.1) is 6.42 Å². The van der Waals surface area contributed by atoms with Crippen LogP contribution in [-0.2, 0) is 4.79 Å². The number of amides is 2. The van der Waals surface area contributed by atoms with Gasteiger partial charge in [-0.1, -0.05) is 19.8 Å². The summed E-state index contributed by atoms with van der Waals surface area (Å²) in [7, 11) is 0. The Balaban J connectivity index is 1.69. The van der Waals surface area contributed by atoms with E-state index in [0.29, 0.717) is 19.1 Å². The number of rotatable bonds is 3. The highest BCUT2D eigenvalue weighted by Gasteiger charge is 2.32. The second kappa shape index (κ2) is 6.26. The Bertz CT molecular complexity index is 340. The second-order valence-electron chi connectivity index (χ2n) is 6.13. The van der Waals surface area contributed by atoms with Crippen molar-refractivity contribution in [1.29, 1.82) is 0 Å². The van der Waals surface area contributed by atoms with Gasteiger partial charge in [0.15, 0.2) is 0 Å². The standard InChI is InChI=1S/C14H24N2O3/c1-10-3-2-4-12(6-5-10)15-14(19)16-8-11(9-16)7-13(17)18/h10-12H,2-9H2,1H3,(H,15,19)(H,17,18). The topological polar surface area (TPSA) is 69.6 Å². The van der Waals surface area contributed by atoms with Gasteiger partial charge in [0.2, 0.25) is 0 Å². The minimum absolute atomic E-state index is 0.0128. The Labute approximate surface area is 114 Å². The summed E-state index contributed by atoms with van der Waals surface area (Å²) < 4.78 is 0. The number of carboxylic acids is 1. The molecule has 1 heterocycles. The molecule has 0 radical (unpaired) electrons. The fourth-order valence-corrected chi connectivity index (χ4v) is 3.01. The van der Waals surface area contributed by atoms with E-state index < -0.39 is 5.97 Å². The number of urea groups is 1. The molecule has 2 amide bonds. The Hall–Kier alpha value is -1.26. The van der Waals surface area contributed by atoms with Crippen molar-refractivity contribution in [3.05, 3.63) is 0 Å². The largest absolute Gasteiger partial charge is 0.481 e. The SMILES string of the molecule is CC1CCCC(NC(=O)N2CC(CC(=O)O)C2)CC1. The molecule has 0 bridgehead atoms. The Kier molecular flexibility index (Phi) is 4.66. The van der Waals surface area contributed by atoms with Gasteiger partial charge in [0.1, 0.15) is 0 Å². The van der Waals surface area contributed by atoms with E-state index in [1.165, 1.54) is 19.3 Å². The lowest BCUT2D eigenvalue weighted by atomic mass is 9.97. The normalized spacial score (nSPS) is 28.4. The molecule has 108 valence electrons. The van der Waals surface area contributed by atoms with Crippen LogP contribution in [0.15, 0.2) is 0 Å². The molecule has 2 fully saturated rings. The molecular weight excluding hydrogens is 244 g/mol. The van der Waals surface area contributed by atoms with Gasteiger partial charge in [0, 0.05) is 25.0 Å². The summed E-state index contributed by atoms with van der Waals surface area (Å²) in [6, 6.07) is 0.289. The number of hydrogen-bond donors (Lipinski definition) is 2. The van der Waals surface area contributed by atoms with Crippen LogP contribution in [0.3, 0.4) is 0 Å². The zero-order valence-electron chi connectivity index (χ0n) is 11.6. The van der Waals surface area contributed by atoms with Crippen molar-refractivity contribution >= 4 is 12.0 Å². The smallest absolute Gasteiger partial charge is 0.317 e. The van der Waals surface area contributed by atoms with Crippen LogP contribution in [0, 0.1) is 11.8 Å². The molecule has 0 spiro atoms. The number of carbonyl (C=O) groups is 2. The van der Waals surface area contributed by atoms with Crippen molar-refractivity contribution in [2.75, 3.05) is 13.1 Å². The molecule has 2 N–H and O–H groups in total. The first-order valence-corrected chi connectivity index (χ1v) is 7.32. The highest BCUT2D eigenvalue weighted by Crippen LogP contribution is 2.24. The second-order valence-corrected chi connectivity index (χ2v) is 6.13. The molecule has 0 aromatic rings. The number of aliphatic carboxylic acids is 1. The molecule has 0 aromatic carbocycles. The third-order valence-corrected chi connectivity index (χ3v) is 4.29. The van der Waals surface area contributed by atoms with Gasteiger partial charge < -0.3 is 15.3 Å². The predicted octanol–water partition coefficient (Wildman–Crippen LogP) is 2.07. The Morgan fingerprint density at radius 1 is 1.21 bits per heavy atom. The van der Waals surface area contributed by atoms with Gasteiger partial charge in [-0.25, -0.2) is 4.79 Å². The number of hydrogen-bond acceptors (Lipinski definition) is 2. The van der Waals surface area contributed by atoms with E-state index in [2.05, 4.69) is 12.2 Å². The van der Waals surface area contributed by atoms with Crippen LogP contribution in [0.25, 0.3) is 0 Å². The Morgan fingerprint density at radius 2 is 1.95 bits per heavy atom. The summed E-state index contributed by atoms with van der Waals surface area (Å²) in [6.07, 6.45) is 5.95. The van der Waals surface area contributed by atoms with Crippen molar-refractivity contribution in [1.82, 2.24) is 10.2 Å². The van der Waals surface area contributed by atoms with Crippen LogP contribution in [0.2, 0.25) is 0 Å². The molecule has 5 nitrogen and oxygen atoms in total. The minimum atomic E-state index is -0.775. The van der Waals surface area contributed by atoms with Crippen molar-refractivity contribution in [2.45, 2.75) is 51.5 Å². The molecule has 2 atom stereocenters. The maximum absolute atomic E-state index is 12.0. The zero-order chi connectivity index (χ0) is 13.8. The lowest BCUT2D eigenvalue weighted by Gasteiger charge is -2.39. The van der Waals surface area contributed by atoms with Crippen LogP contribution >= 0.6 is 0 Å². The average molecular weight is 268 g/mol. The summed E-state index contributed by atoms with van der Waals surface area (Å²) >= 11 is 0. The number of carbonyl (C=O) groups excluding carboxylic acids is 1. The van der Waals surface area contributed by atoms with Gasteiger partial charge in [-0.05, 0) is 25.2 Å². The first kappa shape index (κ1) is 14.2. The highest BCUT2D eigenvalue weighted by molar-refractivity contribution is 5.76. The van der Waals surface area contributed by atoms with E-state index in [0.717, 1.165) is 18.8 Å². The van der Waals surface area contributed by atoms with Gasteiger partial charge >= 0.3 is 12.0 Å². The molecule has 19 heavy (non-hydrogen) atoms. The van der Waals surface area contributed by atoms with Gasteiger partial charge in [-0.2, -0.15) is 0 Å². The molecule has 1 aliphatic heterocycles. The Morgan fingerprint density at radius 3 is 2.63 bits per heavy atom. The lowest BCUT2D eigenvalue weighted by Crippen LogP contribution is -2.55.